The van der Waals surface area contributed by atoms with Crippen molar-refractivity contribution in [2.45, 2.75) is 19.9 Å². The lowest BCUT2D eigenvalue weighted by Crippen LogP contribution is -2.35. The Morgan fingerprint density at radius 2 is 2.00 bits per heavy atom. The number of methoxy groups -OCH3 is 1. The quantitative estimate of drug-likeness (QED) is 0.779. The first-order valence-corrected chi connectivity index (χ1v) is 5.62. The Balaban J connectivity index is 2.72. The number of carbonyl (C=O) groups excluding carboxylic acids is 1. The van der Waals surface area contributed by atoms with Gasteiger partial charge in [-0.2, -0.15) is 0 Å². The van der Waals surface area contributed by atoms with Crippen molar-refractivity contribution in [2.75, 3.05) is 7.11 Å². The highest BCUT2D eigenvalue weighted by Gasteiger charge is 2.22. The highest BCUT2D eigenvalue weighted by molar-refractivity contribution is 5.96. The lowest BCUT2D eigenvalue weighted by atomic mass is 10.1. The zero-order valence-corrected chi connectivity index (χ0v) is 10.6. The standard InChI is InChI=1S/C13H17NO4/c1-8(13(16)17)12(15)14-9(2)10-5-4-6-11(7-10)18-3/h4-9H,1-3H3,(H,14,15)(H,16,17). The molecule has 2 unspecified atom stereocenters. The van der Waals surface area contributed by atoms with Gasteiger partial charge in [0.05, 0.1) is 13.2 Å². The molecule has 5 nitrogen and oxygen atoms in total. The van der Waals surface area contributed by atoms with Crippen LogP contribution in [-0.4, -0.2) is 24.1 Å². The molecule has 2 atom stereocenters. The summed E-state index contributed by atoms with van der Waals surface area (Å²) >= 11 is 0. The first kappa shape index (κ1) is 14.0. The van der Waals surface area contributed by atoms with Crippen molar-refractivity contribution in [1.82, 2.24) is 5.32 Å². The van der Waals surface area contributed by atoms with Gasteiger partial charge in [0.25, 0.3) is 0 Å². The van der Waals surface area contributed by atoms with E-state index in [0.717, 1.165) is 5.56 Å². The number of aliphatic carboxylic acids is 1. The minimum atomic E-state index is -1.13. The molecule has 0 heterocycles. The number of carboxylic acid groups (broad SMARTS) is 1. The SMILES string of the molecule is COc1cccc(C(C)NC(=O)C(C)C(=O)O)c1. The second-order valence-corrected chi connectivity index (χ2v) is 4.07. The van der Waals surface area contributed by atoms with Gasteiger partial charge in [0.1, 0.15) is 11.7 Å². The van der Waals surface area contributed by atoms with Gasteiger partial charge >= 0.3 is 5.97 Å². The van der Waals surface area contributed by atoms with Crippen LogP contribution in [0.4, 0.5) is 0 Å². The zero-order chi connectivity index (χ0) is 13.7. The smallest absolute Gasteiger partial charge is 0.315 e. The summed E-state index contributed by atoms with van der Waals surface area (Å²) in [7, 11) is 1.56. The number of rotatable bonds is 5. The first-order chi connectivity index (χ1) is 8.45. The summed E-state index contributed by atoms with van der Waals surface area (Å²) in [6.07, 6.45) is 0. The second-order valence-electron chi connectivity index (χ2n) is 4.07. The number of hydrogen-bond donors (Lipinski definition) is 2. The molecule has 0 aliphatic heterocycles. The monoisotopic (exact) mass is 251 g/mol. The molecule has 1 aromatic carbocycles. The Labute approximate surface area is 106 Å². The molecule has 0 bridgehead atoms. The molecule has 5 heteroatoms. The van der Waals surface area contributed by atoms with Gasteiger partial charge in [-0.25, -0.2) is 0 Å². The third-order valence-electron chi connectivity index (χ3n) is 2.72. The molecule has 0 fully saturated rings. The molecule has 0 saturated heterocycles. The van der Waals surface area contributed by atoms with Gasteiger partial charge in [0.2, 0.25) is 5.91 Å². The van der Waals surface area contributed by atoms with Crippen molar-refractivity contribution in [2.24, 2.45) is 5.92 Å². The molecule has 0 radical (unpaired) electrons. The van der Waals surface area contributed by atoms with E-state index in [0.29, 0.717) is 5.75 Å². The molecule has 0 saturated carbocycles. The molecule has 0 aromatic heterocycles. The maximum atomic E-state index is 11.6. The van der Waals surface area contributed by atoms with Crippen LogP contribution >= 0.6 is 0 Å². The van der Waals surface area contributed by atoms with Crippen LogP contribution in [0, 0.1) is 5.92 Å². The molecule has 0 aliphatic rings. The lowest BCUT2D eigenvalue weighted by molar-refractivity contribution is -0.146. The van der Waals surface area contributed by atoms with Crippen molar-refractivity contribution in [3.05, 3.63) is 29.8 Å². The normalized spacial score (nSPS) is 13.5. The van der Waals surface area contributed by atoms with Crippen LogP contribution in [0.15, 0.2) is 24.3 Å². The van der Waals surface area contributed by atoms with E-state index < -0.39 is 17.8 Å². The molecular formula is C13H17NO4. The molecule has 0 spiro atoms. The fourth-order valence-corrected chi connectivity index (χ4v) is 1.44. The van der Waals surface area contributed by atoms with Crippen LogP contribution in [0.2, 0.25) is 0 Å². The van der Waals surface area contributed by atoms with Crippen molar-refractivity contribution in [3.8, 4) is 5.75 Å². The molecule has 0 aliphatic carbocycles. The minimum absolute atomic E-state index is 0.269. The van der Waals surface area contributed by atoms with E-state index in [1.165, 1.54) is 6.92 Å². The van der Waals surface area contributed by atoms with Crippen LogP contribution in [0.3, 0.4) is 0 Å². The van der Waals surface area contributed by atoms with E-state index >= 15 is 0 Å². The van der Waals surface area contributed by atoms with E-state index in [9.17, 15) is 9.59 Å². The van der Waals surface area contributed by atoms with Gasteiger partial charge in [0.15, 0.2) is 0 Å². The van der Waals surface area contributed by atoms with E-state index in [1.807, 2.05) is 12.1 Å². The summed E-state index contributed by atoms with van der Waals surface area (Å²) in [6.45, 7) is 3.15. The molecular weight excluding hydrogens is 234 g/mol. The summed E-state index contributed by atoms with van der Waals surface area (Å²) < 4.78 is 5.09. The highest BCUT2D eigenvalue weighted by atomic mass is 16.5. The van der Waals surface area contributed by atoms with Gasteiger partial charge in [-0.3, -0.25) is 9.59 Å². The number of amides is 1. The van der Waals surface area contributed by atoms with Crippen molar-refractivity contribution in [3.63, 3.8) is 0 Å². The van der Waals surface area contributed by atoms with Gasteiger partial charge in [-0.1, -0.05) is 12.1 Å². The van der Waals surface area contributed by atoms with E-state index in [2.05, 4.69) is 5.32 Å². The second kappa shape index (κ2) is 6.05. The Morgan fingerprint density at radius 1 is 1.33 bits per heavy atom. The number of nitrogens with one attached hydrogen (secondary N) is 1. The third kappa shape index (κ3) is 3.48. The highest BCUT2D eigenvalue weighted by Crippen LogP contribution is 2.19. The summed E-state index contributed by atoms with van der Waals surface area (Å²) in [5.74, 6) is -2.00. The molecule has 18 heavy (non-hydrogen) atoms. The largest absolute Gasteiger partial charge is 0.497 e. The number of benzene rings is 1. The van der Waals surface area contributed by atoms with Crippen molar-refractivity contribution < 1.29 is 19.4 Å². The summed E-state index contributed by atoms with van der Waals surface area (Å²) in [6, 6.07) is 7.00. The predicted molar refractivity (Wildman–Crippen MR) is 66.4 cm³/mol. The topological polar surface area (TPSA) is 75.6 Å². The van der Waals surface area contributed by atoms with Gasteiger partial charge < -0.3 is 15.2 Å². The summed E-state index contributed by atoms with van der Waals surface area (Å²) in [4.78, 5) is 22.3. The van der Waals surface area contributed by atoms with Crippen LogP contribution in [0.5, 0.6) is 5.75 Å². The molecule has 1 rings (SSSR count). The van der Waals surface area contributed by atoms with E-state index in [1.54, 1.807) is 26.2 Å². The third-order valence-corrected chi connectivity index (χ3v) is 2.72. The fourth-order valence-electron chi connectivity index (χ4n) is 1.44. The summed E-state index contributed by atoms with van der Waals surface area (Å²) in [5.41, 5.74) is 0.861. The van der Waals surface area contributed by atoms with Crippen LogP contribution in [0.1, 0.15) is 25.5 Å². The fraction of sp³-hybridized carbons (Fsp3) is 0.385. The number of carboxylic acids is 1. The minimum Gasteiger partial charge on any atom is -0.497 e. The van der Waals surface area contributed by atoms with E-state index in [4.69, 9.17) is 9.84 Å². The molecule has 98 valence electrons. The molecule has 1 amide bonds. The van der Waals surface area contributed by atoms with Crippen LogP contribution in [0.25, 0.3) is 0 Å². The maximum absolute atomic E-state index is 11.6. The van der Waals surface area contributed by atoms with Crippen LogP contribution < -0.4 is 10.1 Å². The van der Waals surface area contributed by atoms with Gasteiger partial charge in [-0.15, -0.1) is 0 Å². The Kier molecular flexibility index (Phi) is 4.71. The maximum Gasteiger partial charge on any atom is 0.315 e. The van der Waals surface area contributed by atoms with E-state index in [-0.39, 0.29) is 6.04 Å². The Hall–Kier alpha value is -2.04. The van der Waals surface area contributed by atoms with Crippen LogP contribution in [-0.2, 0) is 9.59 Å². The predicted octanol–water partition coefficient (Wildman–Crippen LogP) is 1.59. The number of ether oxygens (including phenoxy) is 1. The lowest BCUT2D eigenvalue weighted by Gasteiger charge is -2.16. The average molecular weight is 251 g/mol. The summed E-state index contributed by atoms with van der Waals surface area (Å²) in [5, 5.41) is 11.4. The van der Waals surface area contributed by atoms with Gasteiger partial charge in [0, 0.05) is 0 Å². The van der Waals surface area contributed by atoms with Crippen molar-refractivity contribution >= 4 is 11.9 Å². The van der Waals surface area contributed by atoms with Gasteiger partial charge in [-0.05, 0) is 31.5 Å². The molecule has 1 aromatic rings. The average Bonchev–Trinajstić information content (AvgIpc) is 2.37. The zero-order valence-electron chi connectivity index (χ0n) is 10.6. The number of hydrogen-bond acceptors (Lipinski definition) is 3. The first-order valence-electron chi connectivity index (χ1n) is 5.62. The molecule has 2 N–H and O–H groups in total. The Morgan fingerprint density at radius 3 is 2.56 bits per heavy atom. The van der Waals surface area contributed by atoms with Crippen molar-refractivity contribution in [1.29, 1.82) is 0 Å². The number of carbonyl (C=O) groups is 2. The Bertz CT molecular complexity index is 444.